The van der Waals surface area contributed by atoms with Gasteiger partial charge in [-0.2, -0.15) is 5.26 Å². The smallest absolute Gasteiger partial charge is 0.348 e. The van der Waals surface area contributed by atoms with Crippen LogP contribution in [0.4, 0.5) is 0 Å². The van der Waals surface area contributed by atoms with Crippen LogP contribution in [0.2, 0.25) is 5.02 Å². The Bertz CT molecular complexity index is 1180. The molecule has 0 aliphatic heterocycles. The Balaban J connectivity index is 1.64. The minimum Gasteiger partial charge on any atom is -0.478 e. The summed E-state index contributed by atoms with van der Waals surface area (Å²) < 4.78 is 12.0. The van der Waals surface area contributed by atoms with E-state index in [-0.39, 0.29) is 5.92 Å². The van der Waals surface area contributed by atoms with Crippen LogP contribution in [0.3, 0.4) is 0 Å². The average Bonchev–Trinajstić information content (AvgIpc) is 3.24. The summed E-state index contributed by atoms with van der Waals surface area (Å²) in [6, 6.07) is 23.5. The summed E-state index contributed by atoms with van der Waals surface area (Å²) in [5.41, 5.74) is -0.947. The van der Waals surface area contributed by atoms with E-state index in [9.17, 15) is 15.2 Å². The van der Waals surface area contributed by atoms with E-state index in [0.717, 1.165) is 5.56 Å². The van der Waals surface area contributed by atoms with E-state index in [1.807, 2.05) is 56.3 Å². The van der Waals surface area contributed by atoms with Gasteiger partial charge in [0.05, 0.1) is 5.56 Å². The zero-order chi connectivity index (χ0) is 22.9. The Hall–Kier alpha value is -3.49. The number of hydrogen-bond donors (Lipinski definition) is 1. The van der Waals surface area contributed by atoms with Gasteiger partial charge in [-0.3, -0.25) is 0 Å². The maximum absolute atomic E-state index is 12.4. The summed E-state index contributed by atoms with van der Waals surface area (Å²) in [6.07, 6.45) is 0.363. The number of aliphatic carboxylic acids is 1. The van der Waals surface area contributed by atoms with Gasteiger partial charge in [0.1, 0.15) is 23.3 Å². The number of carboxylic acid groups (broad SMARTS) is 1. The van der Waals surface area contributed by atoms with Crippen molar-refractivity contribution in [3.8, 4) is 23.3 Å². The van der Waals surface area contributed by atoms with Gasteiger partial charge >= 0.3 is 5.97 Å². The second-order valence-corrected chi connectivity index (χ2v) is 8.83. The monoisotopic (exact) mass is 447 g/mol. The summed E-state index contributed by atoms with van der Waals surface area (Å²) in [4.78, 5) is 12.4. The minimum atomic E-state index is -1.41. The van der Waals surface area contributed by atoms with Crippen molar-refractivity contribution >= 4 is 17.6 Å². The molecule has 2 atom stereocenters. The molecule has 1 fully saturated rings. The molecule has 5 nitrogen and oxygen atoms in total. The molecule has 162 valence electrons. The lowest BCUT2D eigenvalue weighted by Gasteiger charge is -2.18. The van der Waals surface area contributed by atoms with Gasteiger partial charge in [0, 0.05) is 16.4 Å². The largest absolute Gasteiger partial charge is 0.478 e. The standard InChI is InChI=1S/C26H22ClNO4/c1-25(2)23(26(25,24(29)30)32-20-13-11-18(27)12-14-20)15-17-7-6-10-22(21(17)16-28)31-19-8-4-3-5-9-19/h3-14,23H,15H2,1-2H3,(H,29,30). The van der Waals surface area contributed by atoms with Crippen molar-refractivity contribution in [3.63, 3.8) is 0 Å². The SMILES string of the molecule is CC1(C)C(Cc2cccc(Oc3ccccc3)c2C#N)C1(Oc1ccc(Cl)cc1)C(=O)O. The highest BCUT2D eigenvalue weighted by Gasteiger charge is 2.78. The fraction of sp³-hybridized carbons (Fsp3) is 0.231. The predicted molar refractivity (Wildman–Crippen MR) is 121 cm³/mol. The van der Waals surface area contributed by atoms with Gasteiger partial charge in [-0.05, 0) is 54.4 Å². The molecule has 3 aromatic rings. The molecule has 0 radical (unpaired) electrons. The molecule has 1 aliphatic rings. The average molecular weight is 448 g/mol. The molecule has 1 N–H and O–H groups in total. The van der Waals surface area contributed by atoms with E-state index in [4.69, 9.17) is 21.1 Å². The lowest BCUT2D eigenvalue weighted by Crippen LogP contribution is -2.36. The first kappa shape index (κ1) is 21.7. The van der Waals surface area contributed by atoms with Crippen molar-refractivity contribution in [1.82, 2.24) is 0 Å². The summed E-state index contributed by atoms with van der Waals surface area (Å²) >= 11 is 5.94. The maximum Gasteiger partial charge on any atom is 0.348 e. The molecule has 1 saturated carbocycles. The zero-order valence-corrected chi connectivity index (χ0v) is 18.5. The number of halogens is 1. The number of benzene rings is 3. The Morgan fingerprint density at radius 2 is 1.72 bits per heavy atom. The van der Waals surface area contributed by atoms with Crippen molar-refractivity contribution in [2.45, 2.75) is 25.9 Å². The van der Waals surface area contributed by atoms with Crippen molar-refractivity contribution < 1.29 is 19.4 Å². The molecule has 0 amide bonds. The van der Waals surface area contributed by atoms with Gasteiger partial charge in [-0.15, -0.1) is 0 Å². The summed E-state index contributed by atoms with van der Waals surface area (Å²) in [6.45, 7) is 3.75. The van der Waals surface area contributed by atoms with E-state index in [0.29, 0.717) is 34.3 Å². The topological polar surface area (TPSA) is 79.5 Å². The van der Waals surface area contributed by atoms with Gasteiger partial charge in [-0.1, -0.05) is 55.8 Å². The van der Waals surface area contributed by atoms with Gasteiger partial charge < -0.3 is 14.6 Å². The Morgan fingerprint density at radius 1 is 1.03 bits per heavy atom. The summed E-state index contributed by atoms with van der Waals surface area (Å²) in [5, 5.41) is 20.5. The fourth-order valence-corrected chi connectivity index (χ4v) is 4.51. The molecule has 0 spiro atoms. The molecule has 6 heteroatoms. The number of hydrogen-bond acceptors (Lipinski definition) is 4. The van der Waals surface area contributed by atoms with Crippen LogP contribution in [0.15, 0.2) is 72.8 Å². The van der Waals surface area contributed by atoms with Crippen LogP contribution in [0, 0.1) is 22.7 Å². The van der Waals surface area contributed by atoms with Crippen LogP contribution < -0.4 is 9.47 Å². The second-order valence-electron chi connectivity index (χ2n) is 8.39. The molecule has 2 unspecified atom stereocenters. The van der Waals surface area contributed by atoms with Crippen LogP contribution in [0.5, 0.6) is 17.2 Å². The molecule has 0 saturated heterocycles. The number of nitriles is 1. The van der Waals surface area contributed by atoms with E-state index < -0.39 is 17.0 Å². The second kappa shape index (κ2) is 8.22. The summed E-state index contributed by atoms with van der Waals surface area (Å²) in [5.74, 6) is 0.127. The number of carbonyl (C=O) groups is 1. The Morgan fingerprint density at radius 3 is 2.34 bits per heavy atom. The van der Waals surface area contributed by atoms with Gasteiger partial charge in [-0.25, -0.2) is 4.79 Å². The van der Waals surface area contributed by atoms with Crippen molar-refractivity contribution in [3.05, 3.63) is 88.9 Å². The van der Waals surface area contributed by atoms with Gasteiger partial charge in [0.2, 0.25) is 5.60 Å². The zero-order valence-electron chi connectivity index (χ0n) is 17.7. The summed E-state index contributed by atoms with van der Waals surface area (Å²) in [7, 11) is 0. The maximum atomic E-state index is 12.4. The van der Waals surface area contributed by atoms with Crippen molar-refractivity contribution in [2.75, 3.05) is 0 Å². The fourth-order valence-electron chi connectivity index (χ4n) is 4.38. The molecule has 0 heterocycles. The predicted octanol–water partition coefficient (Wildman–Crippen LogP) is 6.10. The van der Waals surface area contributed by atoms with Gasteiger partial charge in [0.25, 0.3) is 0 Å². The number of ether oxygens (including phenoxy) is 2. The lowest BCUT2D eigenvalue weighted by molar-refractivity contribution is -0.149. The Kier molecular flexibility index (Phi) is 5.58. The first-order valence-electron chi connectivity index (χ1n) is 10.2. The molecule has 32 heavy (non-hydrogen) atoms. The molecule has 1 aliphatic carbocycles. The van der Waals surface area contributed by atoms with Crippen LogP contribution >= 0.6 is 11.6 Å². The van der Waals surface area contributed by atoms with E-state index >= 15 is 0 Å². The Labute approximate surface area is 191 Å². The highest BCUT2D eigenvalue weighted by Crippen LogP contribution is 2.65. The third-order valence-corrected chi connectivity index (χ3v) is 6.52. The normalized spacial score (nSPS) is 20.8. The molecular formula is C26H22ClNO4. The first-order valence-corrected chi connectivity index (χ1v) is 10.6. The highest BCUT2D eigenvalue weighted by molar-refractivity contribution is 6.30. The van der Waals surface area contributed by atoms with E-state index in [1.165, 1.54) is 0 Å². The first-order chi connectivity index (χ1) is 15.3. The number of nitrogens with zero attached hydrogens (tertiary/aromatic N) is 1. The molecule has 0 bridgehead atoms. The van der Waals surface area contributed by atoms with Crippen LogP contribution in [-0.2, 0) is 11.2 Å². The molecule has 0 aromatic heterocycles. The quantitative estimate of drug-likeness (QED) is 0.473. The number of rotatable bonds is 7. The third-order valence-electron chi connectivity index (χ3n) is 6.27. The third kappa shape index (κ3) is 3.68. The van der Waals surface area contributed by atoms with Crippen LogP contribution in [0.1, 0.15) is 25.0 Å². The molecule has 4 rings (SSSR count). The highest BCUT2D eigenvalue weighted by atomic mass is 35.5. The van der Waals surface area contributed by atoms with E-state index in [1.54, 1.807) is 30.3 Å². The lowest BCUT2D eigenvalue weighted by atomic mass is 9.98. The minimum absolute atomic E-state index is 0.345. The molecule has 3 aromatic carbocycles. The number of carboxylic acids is 1. The molecular weight excluding hydrogens is 426 g/mol. The van der Waals surface area contributed by atoms with Crippen LogP contribution in [-0.4, -0.2) is 16.7 Å². The number of para-hydroxylation sites is 1. The van der Waals surface area contributed by atoms with Crippen molar-refractivity contribution in [2.24, 2.45) is 11.3 Å². The van der Waals surface area contributed by atoms with E-state index in [2.05, 4.69) is 6.07 Å². The van der Waals surface area contributed by atoms with Gasteiger partial charge in [0.15, 0.2) is 0 Å². The van der Waals surface area contributed by atoms with Crippen LogP contribution in [0.25, 0.3) is 0 Å². The van der Waals surface area contributed by atoms with Crippen molar-refractivity contribution in [1.29, 1.82) is 5.26 Å².